The molecule has 0 bridgehead atoms. The van der Waals surface area contributed by atoms with E-state index in [0.29, 0.717) is 18.4 Å². The number of aromatic nitrogens is 2. The molecule has 8 heteroatoms. The third-order valence-electron chi connectivity index (χ3n) is 4.65. The van der Waals surface area contributed by atoms with E-state index in [1.165, 1.54) is 12.1 Å². The van der Waals surface area contributed by atoms with Gasteiger partial charge in [-0.1, -0.05) is 5.16 Å². The normalized spacial score (nSPS) is 25.1. The van der Waals surface area contributed by atoms with Gasteiger partial charge in [0, 0.05) is 31.7 Å². The van der Waals surface area contributed by atoms with Crippen LogP contribution in [0, 0.1) is 11.6 Å². The van der Waals surface area contributed by atoms with Crippen molar-refractivity contribution in [3.63, 3.8) is 0 Å². The molecule has 0 amide bonds. The van der Waals surface area contributed by atoms with Crippen molar-refractivity contribution in [2.45, 2.75) is 18.7 Å². The molecule has 0 aliphatic carbocycles. The second-order valence-corrected chi connectivity index (χ2v) is 6.29. The molecule has 128 valence electrons. The zero-order valence-corrected chi connectivity index (χ0v) is 13.3. The van der Waals surface area contributed by atoms with Crippen LogP contribution in [0.3, 0.4) is 0 Å². The van der Waals surface area contributed by atoms with Crippen molar-refractivity contribution >= 4 is 0 Å². The molecule has 24 heavy (non-hydrogen) atoms. The summed E-state index contributed by atoms with van der Waals surface area (Å²) in [7, 11) is 2.10. The van der Waals surface area contributed by atoms with Gasteiger partial charge in [0.05, 0.1) is 24.8 Å². The summed E-state index contributed by atoms with van der Waals surface area (Å²) in [6.45, 7) is 3.88. The molecule has 2 atom stereocenters. The number of halogens is 2. The van der Waals surface area contributed by atoms with Gasteiger partial charge in [0.15, 0.2) is 5.82 Å². The summed E-state index contributed by atoms with van der Waals surface area (Å²) >= 11 is 0. The monoisotopic (exact) mass is 336 g/mol. The Bertz CT molecular complexity index is 739. The summed E-state index contributed by atoms with van der Waals surface area (Å²) in [6.07, 6.45) is 0.199. The lowest BCUT2D eigenvalue weighted by Gasteiger charge is -2.33. The summed E-state index contributed by atoms with van der Waals surface area (Å²) in [4.78, 5) is 8.74. The fraction of sp³-hybridized carbons (Fsp3) is 0.500. The predicted octanol–water partition coefficient (Wildman–Crippen LogP) is 1.53. The van der Waals surface area contributed by atoms with Crippen LogP contribution in [0.15, 0.2) is 22.7 Å². The SMILES string of the molecule is CN1CCO[C@@H]2CN(Cc3noc(-c4ccc(F)cc4F)n3)C[C@@H]21. The van der Waals surface area contributed by atoms with E-state index in [-0.39, 0.29) is 17.6 Å². The molecule has 3 heterocycles. The van der Waals surface area contributed by atoms with Gasteiger partial charge < -0.3 is 9.26 Å². The first-order chi connectivity index (χ1) is 11.6. The molecule has 0 radical (unpaired) electrons. The van der Waals surface area contributed by atoms with Crippen LogP contribution in [0.4, 0.5) is 8.78 Å². The fourth-order valence-corrected chi connectivity index (χ4v) is 3.35. The molecule has 1 aromatic heterocycles. The number of fused-ring (bicyclic) bond motifs is 1. The average Bonchev–Trinajstić information content (AvgIpc) is 3.15. The van der Waals surface area contributed by atoms with Gasteiger partial charge in [-0.25, -0.2) is 8.78 Å². The number of hydrogen-bond donors (Lipinski definition) is 0. The van der Waals surface area contributed by atoms with Gasteiger partial charge in [0.1, 0.15) is 11.6 Å². The van der Waals surface area contributed by atoms with Gasteiger partial charge in [-0.05, 0) is 19.2 Å². The highest BCUT2D eigenvalue weighted by atomic mass is 19.1. The Morgan fingerprint density at radius 1 is 1.29 bits per heavy atom. The lowest BCUT2D eigenvalue weighted by atomic mass is 10.1. The van der Waals surface area contributed by atoms with Gasteiger partial charge in [-0.15, -0.1) is 0 Å². The smallest absolute Gasteiger partial charge is 0.260 e. The summed E-state index contributed by atoms with van der Waals surface area (Å²) in [5.74, 6) is -0.810. The molecule has 0 N–H and O–H groups in total. The van der Waals surface area contributed by atoms with Gasteiger partial charge in [-0.3, -0.25) is 9.80 Å². The summed E-state index contributed by atoms with van der Waals surface area (Å²) in [5.41, 5.74) is 0.105. The maximum Gasteiger partial charge on any atom is 0.260 e. The molecule has 2 fully saturated rings. The minimum Gasteiger partial charge on any atom is -0.374 e. The number of hydrogen-bond acceptors (Lipinski definition) is 6. The topological polar surface area (TPSA) is 54.6 Å². The number of rotatable bonds is 3. The van der Waals surface area contributed by atoms with E-state index in [0.717, 1.165) is 32.3 Å². The first-order valence-corrected chi connectivity index (χ1v) is 7.92. The largest absolute Gasteiger partial charge is 0.374 e. The lowest BCUT2D eigenvalue weighted by molar-refractivity contribution is -0.0370. The van der Waals surface area contributed by atoms with E-state index >= 15 is 0 Å². The highest BCUT2D eigenvalue weighted by Crippen LogP contribution is 2.24. The van der Waals surface area contributed by atoms with Crippen molar-refractivity contribution in [3.05, 3.63) is 35.7 Å². The van der Waals surface area contributed by atoms with Crippen LogP contribution < -0.4 is 0 Å². The van der Waals surface area contributed by atoms with E-state index in [1.807, 2.05) is 0 Å². The highest BCUT2D eigenvalue weighted by Gasteiger charge is 2.38. The minimum atomic E-state index is -0.715. The van der Waals surface area contributed by atoms with Crippen LogP contribution in [-0.2, 0) is 11.3 Å². The zero-order chi connectivity index (χ0) is 16.7. The first-order valence-electron chi connectivity index (χ1n) is 7.92. The maximum absolute atomic E-state index is 13.8. The molecule has 2 aliphatic heterocycles. The quantitative estimate of drug-likeness (QED) is 0.847. The van der Waals surface area contributed by atoms with Gasteiger partial charge in [0.2, 0.25) is 0 Å². The number of morpholine rings is 1. The van der Waals surface area contributed by atoms with Crippen molar-refractivity contribution in [1.29, 1.82) is 0 Å². The second kappa shape index (κ2) is 6.19. The van der Waals surface area contributed by atoms with Crippen molar-refractivity contribution in [2.75, 3.05) is 33.3 Å². The molecular weight excluding hydrogens is 318 g/mol. The molecule has 4 rings (SSSR count). The second-order valence-electron chi connectivity index (χ2n) is 6.29. The average molecular weight is 336 g/mol. The van der Waals surface area contributed by atoms with Crippen molar-refractivity contribution < 1.29 is 18.0 Å². The van der Waals surface area contributed by atoms with E-state index < -0.39 is 11.6 Å². The maximum atomic E-state index is 13.8. The van der Waals surface area contributed by atoms with E-state index in [9.17, 15) is 8.78 Å². The van der Waals surface area contributed by atoms with Crippen LogP contribution in [0.25, 0.3) is 11.5 Å². The van der Waals surface area contributed by atoms with Gasteiger partial charge in [0.25, 0.3) is 5.89 Å². The van der Waals surface area contributed by atoms with Crippen LogP contribution in [0.1, 0.15) is 5.82 Å². The first kappa shape index (κ1) is 15.6. The highest BCUT2D eigenvalue weighted by molar-refractivity contribution is 5.53. The molecule has 0 spiro atoms. The Balaban J connectivity index is 1.46. The molecule has 0 unspecified atom stereocenters. The molecule has 1 aromatic carbocycles. The van der Waals surface area contributed by atoms with E-state index in [4.69, 9.17) is 9.26 Å². The Labute approximate surface area is 138 Å². The number of likely N-dealkylation sites (N-methyl/N-ethyl adjacent to an activating group) is 1. The fourth-order valence-electron chi connectivity index (χ4n) is 3.35. The van der Waals surface area contributed by atoms with E-state index in [1.54, 1.807) is 0 Å². The van der Waals surface area contributed by atoms with Crippen LogP contribution >= 0.6 is 0 Å². The van der Waals surface area contributed by atoms with Crippen molar-refractivity contribution in [3.8, 4) is 11.5 Å². The Hall–Kier alpha value is -1.90. The standard InChI is InChI=1S/C16H18F2N4O2/c1-21-4-5-23-14-8-22(7-13(14)21)9-15-19-16(24-20-15)11-3-2-10(17)6-12(11)18/h2-3,6,13-14H,4-5,7-9H2,1H3/t13-,14+/m0/s1. The predicted molar refractivity (Wildman–Crippen MR) is 81.1 cm³/mol. The van der Waals surface area contributed by atoms with Crippen LogP contribution in [-0.4, -0.2) is 65.4 Å². The third-order valence-corrected chi connectivity index (χ3v) is 4.65. The Morgan fingerprint density at radius 2 is 2.17 bits per heavy atom. The van der Waals surface area contributed by atoms with Crippen molar-refractivity contribution in [2.24, 2.45) is 0 Å². The lowest BCUT2D eigenvalue weighted by Crippen LogP contribution is -2.48. The number of nitrogens with zero attached hydrogens (tertiary/aromatic N) is 4. The Kier molecular flexibility index (Phi) is 4.03. The Morgan fingerprint density at radius 3 is 2.96 bits per heavy atom. The van der Waals surface area contributed by atoms with E-state index in [2.05, 4.69) is 27.0 Å². The van der Waals surface area contributed by atoms with Crippen molar-refractivity contribution in [1.82, 2.24) is 19.9 Å². The van der Waals surface area contributed by atoms with Crippen LogP contribution in [0.2, 0.25) is 0 Å². The van der Waals surface area contributed by atoms with Gasteiger partial charge in [-0.2, -0.15) is 4.98 Å². The molecule has 0 saturated carbocycles. The number of benzene rings is 1. The third kappa shape index (κ3) is 2.92. The number of ether oxygens (including phenoxy) is 1. The van der Waals surface area contributed by atoms with Crippen LogP contribution in [0.5, 0.6) is 0 Å². The molecular formula is C16H18F2N4O2. The van der Waals surface area contributed by atoms with Gasteiger partial charge >= 0.3 is 0 Å². The summed E-state index contributed by atoms with van der Waals surface area (Å²) in [6, 6.07) is 3.65. The summed E-state index contributed by atoms with van der Waals surface area (Å²) in [5, 5.41) is 3.91. The molecule has 2 aromatic rings. The molecule has 2 saturated heterocycles. The zero-order valence-electron chi connectivity index (χ0n) is 13.3. The number of likely N-dealkylation sites (tertiary alicyclic amines) is 1. The molecule has 6 nitrogen and oxygen atoms in total. The molecule has 2 aliphatic rings. The summed E-state index contributed by atoms with van der Waals surface area (Å²) < 4.78 is 37.7. The minimum absolute atomic E-state index is 0.0625.